The van der Waals surface area contributed by atoms with Crippen LogP contribution in [0.3, 0.4) is 0 Å². The number of rotatable bonds is 4. The molecule has 0 saturated carbocycles. The minimum atomic E-state index is -4.40. The van der Waals surface area contributed by atoms with E-state index in [-0.39, 0.29) is 0 Å². The summed E-state index contributed by atoms with van der Waals surface area (Å²) in [5, 5.41) is 10.8. The average Bonchev–Trinajstić information content (AvgIpc) is 3.25. The lowest BCUT2D eigenvalue weighted by Crippen LogP contribution is -2.27. The fraction of sp³-hybridized carbons (Fsp3) is 0.350. The van der Waals surface area contributed by atoms with Gasteiger partial charge >= 0.3 is 12.3 Å². The Morgan fingerprint density at radius 3 is 2.43 bits per heavy atom. The van der Waals surface area contributed by atoms with Crippen LogP contribution in [0.4, 0.5) is 23.7 Å². The zero-order valence-corrected chi connectivity index (χ0v) is 17.7. The Hall–Kier alpha value is -2.88. The summed E-state index contributed by atoms with van der Waals surface area (Å²) >= 11 is 1.30. The summed E-state index contributed by atoms with van der Waals surface area (Å²) in [6.07, 6.45) is -3.47. The van der Waals surface area contributed by atoms with E-state index in [0.717, 1.165) is 12.1 Å². The van der Waals surface area contributed by atoms with Gasteiger partial charge in [-0.25, -0.2) is 4.79 Å². The number of nitrogens with one attached hydrogen (secondary N) is 1. The third-order valence-corrected chi connectivity index (χ3v) is 5.20. The number of nitrogens with zero attached hydrogens (tertiary/aromatic N) is 3. The largest absolute Gasteiger partial charge is 0.444 e. The van der Waals surface area contributed by atoms with Crippen LogP contribution >= 0.6 is 11.3 Å². The van der Waals surface area contributed by atoms with Gasteiger partial charge in [-0.05, 0) is 51.5 Å². The highest BCUT2D eigenvalue weighted by atomic mass is 32.1. The maximum atomic E-state index is 12.9. The maximum absolute atomic E-state index is 12.9. The number of hydrogen-bond donors (Lipinski definition) is 1. The van der Waals surface area contributed by atoms with E-state index >= 15 is 0 Å². The van der Waals surface area contributed by atoms with Gasteiger partial charge in [0, 0.05) is 11.4 Å². The highest BCUT2D eigenvalue weighted by Gasteiger charge is 2.30. The second kappa shape index (κ2) is 8.10. The standard InChI is InChI=1S/C20H21F3N4O2S/c1-5-27-11-24-26-17(27)16-14(25-18(28)29-19(2,3)4)10-15(30-16)12-6-8-13(9-7-12)20(21,22)23/h6-11H,5H2,1-4H3,(H,25,28). The van der Waals surface area contributed by atoms with Gasteiger partial charge in [-0.2, -0.15) is 13.2 Å². The first-order valence-corrected chi connectivity index (χ1v) is 9.99. The molecule has 1 aromatic carbocycles. The first kappa shape index (κ1) is 21.8. The molecular formula is C20H21F3N4O2S. The smallest absolute Gasteiger partial charge is 0.416 e. The van der Waals surface area contributed by atoms with Crippen molar-refractivity contribution < 1.29 is 22.7 Å². The Morgan fingerprint density at radius 1 is 1.20 bits per heavy atom. The second-order valence-corrected chi connectivity index (χ2v) is 8.55. The van der Waals surface area contributed by atoms with Gasteiger partial charge in [0.15, 0.2) is 5.82 Å². The molecule has 2 aromatic heterocycles. The number of alkyl halides is 3. The Kier molecular flexibility index (Phi) is 5.89. The number of amides is 1. The zero-order chi connectivity index (χ0) is 22.1. The Labute approximate surface area is 175 Å². The van der Waals surface area contributed by atoms with E-state index in [1.54, 1.807) is 33.2 Å². The summed E-state index contributed by atoms with van der Waals surface area (Å²) in [7, 11) is 0. The number of benzene rings is 1. The van der Waals surface area contributed by atoms with Crippen LogP contribution in [0, 0.1) is 0 Å². The molecule has 160 valence electrons. The molecule has 2 heterocycles. The molecule has 0 fully saturated rings. The van der Waals surface area contributed by atoms with Gasteiger partial charge < -0.3 is 9.30 Å². The maximum Gasteiger partial charge on any atom is 0.416 e. The molecule has 6 nitrogen and oxygen atoms in total. The number of ether oxygens (including phenoxy) is 1. The Morgan fingerprint density at radius 2 is 1.87 bits per heavy atom. The van der Waals surface area contributed by atoms with Crippen molar-refractivity contribution in [1.82, 2.24) is 14.8 Å². The summed E-state index contributed by atoms with van der Waals surface area (Å²) in [5.74, 6) is 0.548. The molecule has 3 rings (SSSR count). The highest BCUT2D eigenvalue weighted by Crippen LogP contribution is 2.41. The van der Waals surface area contributed by atoms with Gasteiger partial charge in [-0.15, -0.1) is 21.5 Å². The van der Waals surface area contributed by atoms with Crippen LogP contribution < -0.4 is 5.32 Å². The SMILES string of the molecule is CCn1cnnc1-c1sc(-c2ccc(C(F)(F)F)cc2)cc1NC(=O)OC(C)(C)C. The molecular weight excluding hydrogens is 417 g/mol. The number of aryl methyl sites for hydroxylation is 1. The normalized spacial score (nSPS) is 12.1. The average molecular weight is 438 g/mol. The van der Waals surface area contributed by atoms with Gasteiger partial charge in [-0.3, -0.25) is 5.32 Å². The van der Waals surface area contributed by atoms with Crippen LogP contribution in [0.1, 0.15) is 33.3 Å². The topological polar surface area (TPSA) is 69.0 Å². The minimum absolute atomic E-state index is 0.451. The number of aromatic nitrogens is 3. The molecule has 0 atom stereocenters. The van der Waals surface area contributed by atoms with Crippen molar-refractivity contribution in [1.29, 1.82) is 0 Å². The molecule has 0 aliphatic heterocycles. The van der Waals surface area contributed by atoms with Gasteiger partial charge in [0.25, 0.3) is 0 Å². The van der Waals surface area contributed by atoms with Gasteiger partial charge in [0.1, 0.15) is 11.9 Å². The number of thiophene rings is 1. The Balaban J connectivity index is 2.01. The summed E-state index contributed by atoms with van der Waals surface area (Å²) in [4.78, 5) is 13.6. The van der Waals surface area contributed by atoms with Crippen molar-refractivity contribution in [2.45, 2.75) is 46.0 Å². The van der Waals surface area contributed by atoms with Crippen molar-refractivity contribution in [3.05, 3.63) is 42.2 Å². The third kappa shape index (κ3) is 4.99. The van der Waals surface area contributed by atoms with Gasteiger partial charge in [-0.1, -0.05) is 12.1 Å². The summed E-state index contributed by atoms with van der Waals surface area (Å²) in [6, 6.07) is 6.57. The van der Waals surface area contributed by atoms with E-state index < -0.39 is 23.4 Å². The summed E-state index contributed by atoms with van der Waals surface area (Å²) in [6.45, 7) is 7.80. The predicted octanol–water partition coefficient (Wildman–Crippen LogP) is 6.06. The van der Waals surface area contributed by atoms with E-state index in [1.807, 2.05) is 11.5 Å². The number of carbonyl (C=O) groups excluding carboxylic acids is 1. The molecule has 10 heteroatoms. The lowest BCUT2D eigenvalue weighted by molar-refractivity contribution is -0.137. The monoisotopic (exact) mass is 438 g/mol. The van der Waals surface area contributed by atoms with E-state index in [2.05, 4.69) is 15.5 Å². The fourth-order valence-electron chi connectivity index (χ4n) is 2.69. The van der Waals surface area contributed by atoms with Crippen LogP contribution in [0.15, 0.2) is 36.7 Å². The van der Waals surface area contributed by atoms with Crippen molar-refractivity contribution >= 4 is 23.1 Å². The molecule has 0 spiro atoms. The van der Waals surface area contributed by atoms with Gasteiger partial charge in [0.05, 0.1) is 16.1 Å². The van der Waals surface area contributed by atoms with E-state index in [9.17, 15) is 18.0 Å². The second-order valence-electron chi connectivity index (χ2n) is 7.50. The van der Waals surface area contributed by atoms with E-state index in [1.165, 1.54) is 23.5 Å². The van der Waals surface area contributed by atoms with E-state index in [0.29, 0.717) is 33.4 Å². The van der Waals surface area contributed by atoms with Crippen LogP contribution in [-0.2, 0) is 17.5 Å². The van der Waals surface area contributed by atoms with Crippen LogP contribution in [-0.4, -0.2) is 26.5 Å². The number of carbonyl (C=O) groups is 1. The third-order valence-electron chi connectivity index (χ3n) is 4.02. The Bertz CT molecular complexity index is 1030. The van der Waals surface area contributed by atoms with Gasteiger partial charge in [0.2, 0.25) is 0 Å². The lowest BCUT2D eigenvalue weighted by Gasteiger charge is -2.19. The van der Waals surface area contributed by atoms with E-state index in [4.69, 9.17) is 4.74 Å². The van der Waals surface area contributed by atoms with Crippen LogP contribution in [0.2, 0.25) is 0 Å². The van der Waals surface area contributed by atoms with Crippen molar-refractivity contribution in [3.8, 4) is 21.1 Å². The minimum Gasteiger partial charge on any atom is -0.444 e. The summed E-state index contributed by atoms with van der Waals surface area (Å²) in [5.41, 5.74) is -0.360. The molecule has 0 unspecified atom stereocenters. The molecule has 0 radical (unpaired) electrons. The van der Waals surface area contributed by atoms with Crippen LogP contribution in [0.25, 0.3) is 21.1 Å². The molecule has 0 saturated heterocycles. The number of hydrogen-bond acceptors (Lipinski definition) is 5. The molecule has 0 aliphatic carbocycles. The van der Waals surface area contributed by atoms with Crippen molar-refractivity contribution in [2.24, 2.45) is 0 Å². The predicted molar refractivity (Wildman–Crippen MR) is 109 cm³/mol. The first-order valence-electron chi connectivity index (χ1n) is 9.17. The molecule has 3 aromatic rings. The molecule has 0 bridgehead atoms. The lowest BCUT2D eigenvalue weighted by atomic mass is 10.1. The molecule has 0 aliphatic rings. The van der Waals surface area contributed by atoms with Crippen LogP contribution in [0.5, 0.6) is 0 Å². The quantitative estimate of drug-likeness (QED) is 0.538. The molecule has 1 N–H and O–H groups in total. The number of anilines is 1. The highest BCUT2D eigenvalue weighted by molar-refractivity contribution is 7.19. The number of halogens is 3. The zero-order valence-electron chi connectivity index (χ0n) is 16.9. The van der Waals surface area contributed by atoms with Crippen molar-refractivity contribution in [2.75, 3.05) is 5.32 Å². The molecule has 1 amide bonds. The summed E-state index contributed by atoms with van der Waals surface area (Å²) < 4.78 is 45.7. The van der Waals surface area contributed by atoms with Crippen molar-refractivity contribution in [3.63, 3.8) is 0 Å². The fourth-order valence-corrected chi connectivity index (χ4v) is 3.81. The molecule has 30 heavy (non-hydrogen) atoms. The first-order chi connectivity index (χ1) is 14.0.